The third kappa shape index (κ3) is 3.77. The summed E-state index contributed by atoms with van der Waals surface area (Å²) in [4.78, 5) is 28.3. The van der Waals surface area contributed by atoms with Crippen LogP contribution < -0.4 is 0 Å². The Kier molecular flexibility index (Phi) is 5.82. The van der Waals surface area contributed by atoms with Gasteiger partial charge in [-0.25, -0.2) is 0 Å². The van der Waals surface area contributed by atoms with Gasteiger partial charge in [0.2, 0.25) is 5.91 Å². The first-order valence-corrected chi connectivity index (χ1v) is 9.95. The number of carbonyl (C=O) groups excluding carboxylic acids is 2. The Labute approximate surface area is 148 Å². The molecule has 0 bridgehead atoms. The van der Waals surface area contributed by atoms with E-state index in [2.05, 4.69) is 36.1 Å². The number of likely N-dealkylation sites (tertiary alicyclic amines) is 1. The third-order valence-corrected chi connectivity index (χ3v) is 6.08. The van der Waals surface area contributed by atoms with E-state index in [0.29, 0.717) is 24.9 Å². The van der Waals surface area contributed by atoms with Crippen LogP contribution in [0.25, 0.3) is 0 Å². The van der Waals surface area contributed by atoms with Crippen molar-refractivity contribution in [3.05, 3.63) is 35.9 Å². The molecule has 130 valence electrons. The molecule has 3 rings (SSSR count). The first-order chi connectivity index (χ1) is 11.7. The molecule has 0 aromatic heterocycles. The van der Waals surface area contributed by atoms with Gasteiger partial charge in [0.25, 0.3) is 5.24 Å². The minimum atomic E-state index is 0.122. The number of carbonyl (C=O) groups is 2. The Bertz CT molecular complexity index is 578. The molecule has 0 unspecified atom stereocenters. The van der Waals surface area contributed by atoms with Crippen molar-refractivity contribution in [3.63, 3.8) is 0 Å². The summed E-state index contributed by atoms with van der Waals surface area (Å²) in [7, 11) is 0. The average Bonchev–Trinajstić information content (AvgIpc) is 3.24. The molecule has 0 spiro atoms. The van der Waals surface area contributed by atoms with Crippen molar-refractivity contribution in [2.45, 2.75) is 44.6 Å². The molecule has 0 radical (unpaired) electrons. The molecule has 2 saturated heterocycles. The lowest BCUT2D eigenvalue weighted by Gasteiger charge is -2.32. The molecule has 2 heterocycles. The topological polar surface area (TPSA) is 40.6 Å². The number of nitrogens with zero attached hydrogens (tertiary/aromatic N) is 2. The summed E-state index contributed by atoms with van der Waals surface area (Å²) < 4.78 is 0. The summed E-state index contributed by atoms with van der Waals surface area (Å²) in [6.45, 7) is 4.41. The van der Waals surface area contributed by atoms with Crippen molar-refractivity contribution in [3.8, 4) is 0 Å². The van der Waals surface area contributed by atoms with Crippen LogP contribution in [-0.2, 0) is 4.79 Å². The van der Waals surface area contributed by atoms with Gasteiger partial charge in [-0.2, -0.15) is 0 Å². The van der Waals surface area contributed by atoms with Crippen molar-refractivity contribution in [2.24, 2.45) is 0 Å². The Morgan fingerprint density at radius 3 is 2.75 bits per heavy atom. The summed E-state index contributed by atoms with van der Waals surface area (Å²) in [5, 5.41) is 0.122. The zero-order valence-corrected chi connectivity index (χ0v) is 15.1. The lowest BCUT2D eigenvalue weighted by atomic mass is 9.87. The van der Waals surface area contributed by atoms with Crippen molar-refractivity contribution in [2.75, 3.05) is 25.4 Å². The number of thioether (sulfide) groups is 1. The zero-order chi connectivity index (χ0) is 16.9. The van der Waals surface area contributed by atoms with Gasteiger partial charge < -0.3 is 9.80 Å². The minimum Gasteiger partial charge on any atom is -0.339 e. The lowest BCUT2D eigenvalue weighted by molar-refractivity contribution is -0.132. The molecule has 1 aromatic rings. The van der Waals surface area contributed by atoms with Gasteiger partial charge in [-0.1, -0.05) is 49.0 Å². The number of rotatable bonds is 6. The molecule has 1 aromatic carbocycles. The number of benzene rings is 1. The predicted molar refractivity (Wildman–Crippen MR) is 98.3 cm³/mol. The maximum absolute atomic E-state index is 12.8. The van der Waals surface area contributed by atoms with Gasteiger partial charge in [-0.3, -0.25) is 9.59 Å². The van der Waals surface area contributed by atoms with Gasteiger partial charge in [-0.15, -0.1) is 0 Å². The third-order valence-electron chi connectivity index (χ3n) is 5.19. The number of hydrogen-bond donors (Lipinski definition) is 0. The van der Waals surface area contributed by atoms with Crippen LogP contribution in [0.2, 0.25) is 0 Å². The van der Waals surface area contributed by atoms with E-state index in [1.807, 2.05) is 11.0 Å². The Balaban J connectivity index is 1.63. The van der Waals surface area contributed by atoms with E-state index in [4.69, 9.17) is 0 Å². The highest BCUT2D eigenvalue weighted by Gasteiger charge is 2.34. The maximum atomic E-state index is 12.8. The normalized spacial score (nSPS) is 22.2. The molecule has 4 nitrogen and oxygen atoms in total. The van der Waals surface area contributed by atoms with Crippen LogP contribution >= 0.6 is 11.8 Å². The summed E-state index contributed by atoms with van der Waals surface area (Å²) in [5.41, 5.74) is 1.33. The van der Waals surface area contributed by atoms with Crippen LogP contribution in [0.5, 0.6) is 0 Å². The highest BCUT2D eigenvalue weighted by Crippen LogP contribution is 2.34. The van der Waals surface area contributed by atoms with Crippen LogP contribution in [0.1, 0.15) is 44.1 Å². The van der Waals surface area contributed by atoms with Gasteiger partial charge in [-0.05, 0) is 24.8 Å². The van der Waals surface area contributed by atoms with Gasteiger partial charge in [0, 0.05) is 43.8 Å². The summed E-state index contributed by atoms with van der Waals surface area (Å²) in [5.74, 6) is 1.46. The SMILES string of the molecule is CC[C@@H](c1ccccc1)[C@@H]1CCCN1C(=O)CCN1CCSC1=O. The highest BCUT2D eigenvalue weighted by molar-refractivity contribution is 8.13. The molecule has 2 amide bonds. The van der Waals surface area contributed by atoms with Crippen LogP contribution in [0.3, 0.4) is 0 Å². The van der Waals surface area contributed by atoms with E-state index < -0.39 is 0 Å². The molecular weight excluding hydrogens is 320 g/mol. The second-order valence-electron chi connectivity index (χ2n) is 6.57. The second-order valence-corrected chi connectivity index (χ2v) is 7.62. The van der Waals surface area contributed by atoms with Crippen molar-refractivity contribution in [1.29, 1.82) is 0 Å². The largest absolute Gasteiger partial charge is 0.339 e. The van der Waals surface area contributed by atoms with Gasteiger partial charge in [0.15, 0.2) is 0 Å². The standard InChI is InChI=1S/C19H26N2O2S/c1-2-16(15-7-4-3-5-8-15)17-9-6-11-21(17)18(22)10-12-20-13-14-24-19(20)23/h3-5,7-8,16-17H,2,6,9-14H2,1H3/t16-,17-/m0/s1. The quantitative estimate of drug-likeness (QED) is 0.788. The Morgan fingerprint density at radius 1 is 1.29 bits per heavy atom. The fourth-order valence-corrected chi connectivity index (χ4v) is 4.81. The minimum absolute atomic E-state index is 0.122. The molecule has 5 heteroatoms. The first-order valence-electron chi connectivity index (χ1n) is 8.96. The molecule has 0 saturated carbocycles. The molecule has 0 aliphatic carbocycles. The van der Waals surface area contributed by atoms with Crippen molar-refractivity contribution >= 4 is 22.9 Å². The highest BCUT2D eigenvalue weighted by atomic mass is 32.2. The molecule has 2 atom stereocenters. The van der Waals surface area contributed by atoms with Crippen LogP contribution in [0, 0.1) is 0 Å². The average molecular weight is 346 g/mol. The smallest absolute Gasteiger partial charge is 0.281 e. The van der Waals surface area contributed by atoms with Crippen molar-refractivity contribution < 1.29 is 9.59 Å². The monoisotopic (exact) mass is 346 g/mol. The molecule has 2 aliphatic rings. The molecule has 2 fully saturated rings. The summed E-state index contributed by atoms with van der Waals surface area (Å²) >= 11 is 1.36. The fraction of sp³-hybridized carbons (Fsp3) is 0.579. The maximum Gasteiger partial charge on any atom is 0.281 e. The molecule has 24 heavy (non-hydrogen) atoms. The van der Waals surface area contributed by atoms with E-state index in [1.165, 1.54) is 17.3 Å². The van der Waals surface area contributed by atoms with Crippen LogP contribution in [0.4, 0.5) is 4.79 Å². The fourth-order valence-electron chi connectivity index (χ4n) is 3.95. The van der Waals surface area contributed by atoms with Crippen LogP contribution in [-0.4, -0.2) is 52.4 Å². The van der Waals surface area contributed by atoms with E-state index in [-0.39, 0.29) is 11.1 Å². The van der Waals surface area contributed by atoms with Gasteiger partial charge >= 0.3 is 0 Å². The van der Waals surface area contributed by atoms with Gasteiger partial charge in [0.05, 0.1) is 0 Å². The lowest BCUT2D eigenvalue weighted by Crippen LogP contribution is -2.40. The predicted octanol–water partition coefficient (Wildman–Crippen LogP) is 3.73. The molecule has 0 N–H and O–H groups in total. The first kappa shape index (κ1) is 17.3. The number of amides is 2. The Hall–Kier alpha value is -1.49. The van der Waals surface area contributed by atoms with Gasteiger partial charge in [0.1, 0.15) is 0 Å². The van der Waals surface area contributed by atoms with Crippen LogP contribution in [0.15, 0.2) is 30.3 Å². The Morgan fingerprint density at radius 2 is 2.08 bits per heavy atom. The van der Waals surface area contributed by atoms with Crippen molar-refractivity contribution in [1.82, 2.24) is 9.80 Å². The summed E-state index contributed by atoms with van der Waals surface area (Å²) in [6.07, 6.45) is 3.66. The summed E-state index contributed by atoms with van der Waals surface area (Å²) in [6, 6.07) is 10.9. The zero-order valence-electron chi connectivity index (χ0n) is 14.3. The molecule has 2 aliphatic heterocycles. The van der Waals surface area contributed by atoms with E-state index in [9.17, 15) is 9.59 Å². The van der Waals surface area contributed by atoms with E-state index in [1.54, 1.807) is 0 Å². The van der Waals surface area contributed by atoms with E-state index in [0.717, 1.165) is 38.1 Å². The van der Waals surface area contributed by atoms with E-state index >= 15 is 0 Å². The molecular formula is C19H26N2O2S. The second kappa shape index (κ2) is 8.06. The number of hydrogen-bond acceptors (Lipinski definition) is 3.